The molecule has 1 aromatic rings. The van der Waals surface area contributed by atoms with Gasteiger partial charge in [0.05, 0.1) is 19.2 Å². The van der Waals surface area contributed by atoms with Crippen LogP contribution in [0, 0.1) is 0 Å². The standard InChI is InChI=1S/C15H23ClN4O4/c1-23-11-6-5-9(12(16)13(11)24-2)8-20-10(14(21)22)4-3-7-19-15(17)18/h5-6,10,20H,3-4,7-8H2,1-2H3,(H,21,22)(H4,17,18,19)/t10-/m1/s1. The number of hydrogen-bond donors (Lipinski definition) is 4. The number of nitrogens with one attached hydrogen (secondary N) is 1. The molecule has 0 aromatic heterocycles. The van der Waals surface area contributed by atoms with Crippen LogP contribution in [0.4, 0.5) is 0 Å². The van der Waals surface area contributed by atoms with Crippen LogP contribution in [0.25, 0.3) is 0 Å². The SMILES string of the molecule is COc1ccc(CN[C@H](CCCN=C(N)N)C(=O)O)c(Cl)c1OC. The van der Waals surface area contributed by atoms with E-state index >= 15 is 0 Å². The van der Waals surface area contributed by atoms with Crippen LogP contribution in [0.5, 0.6) is 11.5 Å². The number of hydrogen-bond acceptors (Lipinski definition) is 5. The van der Waals surface area contributed by atoms with Crippen molar-refractivity contribution in [1.29, 1.82) is 0 Å². The maximum absolute atomic E-state index is 11.3. The summed E-state index contributed by atoms with van der Waals surface area (Å²) in [6.07, 6.45) is 0.929. The number of nitrogens with two attached hydrogens (primary N) is 2. The lowest BCUT2D eigenvalue weighted by atomic mass is 10.1. The molecule has 1 atom stereocenters. The second-order valence-corrected chi connectivity index (χ2v) is 5.37. The fraction of sp³-hybridized carbons (Fsp3) is 0.467. The molecule has 134 valence electrons. The molecule has 0 spiro atoms. The molecule has 0 unspecified atom stereocenters. The topological polar surface area (TPSA) is 132 Å². The summed E-state index contributed by atoms with van der Waals surface area (Å²) < 4.78 is 10.4. The van der Waals surface area contributed by atoms with Crippen LogP contribution in [0.1, 0.15) is 18.4 Å². The minimum absolute atomic E-state index is 0.00746. The maximum Gasteiger partial charge on any atom is 0.320 e. The minimum atomic E-state index is -0.948. The molecule has 0 radical (unpaired) electrons. The van der Waals surface area contributed by atoms with Crippen molar-refractivity contribution in [2.24, 2.45) is 16.5 Å². The smallest absolute Gasteiger partial charge is 0.320 e. The van der Waals surface area contributed by atoms with E-state index in [0.29, 0.717) is 41.5 Å². The zero-order chi connectivity index (χ0) is 18.1. The number of carboxylic acid groups (broad SMARTS) is 1. The highest BCUT2D eigenvalue weighted by molar-refractivity contribution is 6.33. The summed E-state index contributed by atoms with van der Waals surface area (Å²) in [7, 11) is 3.01. The zero-order valence-corrected chi connectivity index (χ0v) is 14.5. The van der Waals surface area contributed by atoms with E-state index < -0.39 is 12.0 Å². The van der Waals surface area contributed by atoms with E-state index in [0.717, 1.165) is 0 Å². The summed E-state index contributed by atoms with van der Waals surface area (Å²) in [6, 6.07) is 2.74. The molecule has 24 heavy (non-hydrogen) atoms. The second-order valence-electron chi connectivity index (χ2n) is 4.99. The summed E-state index contributed by atoms with van der Waals surface area (Å²) in [5.74, 6) is -0.0281. The van der Waals surface area contributed by atoms with Gasteiger partial charge in [0.15, 0.2) is 17.5 Å². The second kappa shape index (κ2) is 9.84. The quantitative estimate of drug-likeness (QED) is 0.278. The average Bonchev–Trinajstić information content (AvgIpc) is 2.54. The monoisotopic (exact) mass is 358 g/mol. The van der Waals surface area contributed by atoms with Gasteiger partial charge in [-0.15, -0.1) is 0 Å². The molecule has 0 aliphatic rings. The molecule has 0 aliphatic carbocycles. The minimum Gasteiger partial charge on any atom is -0.493 e. The van der Waals surface area contributed by atoms with E-state index in [1.165, 1.54) is 14.2 Å². The molecular weight excluding hydrogens is 336 g/mol. The number of halogens is 1. The summed E-state index contributed by atoms with van der Waals surface area (Å²) in [6.45, 7) is 0.656. The molecule has 8 nitrogen and oxygen atoms in total. The molecule has 1 aromatic carbocycles. The van der Waals surface area contributed by atoms with Gasteiger partial charge in [-0.1, -0.05) is 17.7 Å². The van der Waals surface area contributed by atoms with Crippen LogP contribution in [0.3, 0.4) is 0 Å². The lowest BCUT2D eigenvalue weighted by Crippen LogP contribution is -2.36. The highest BCUT2D eigenvalue weighted by Crippen LogP contribution is 2.37. The number of aliphatic carboxylic acids is 1. The van der Waals surface area contributed by atoms with Crippen molar-refractivity contribution in [1.82, 2.24) is 5.32 Å². The van der Waals surface area contributed by atoms with Gasteiger partial charge >= 0.3 is 5.97 Å². The molecule has 0 bridgehead atoms. The van der Waals surface area contributed by atoms with Gasteiger partial charge in [-0.3, -0.25) is 9.79 Å². The van der Waals surface area contributed by atoms with Crippen LogP contribution in [0.15, 0.2) is 17.1 Å². The Morgan fingerprint density at radius 3 is 2.62 bits per heavy atom. The Hall–Kier alpha value is -2.19. The predicted molar refractivity (Wildman–Crippen MR) is 92.7 cm³/mol. The Labute approximate surface area is 145 Å². The van der Waals surface area contributed by atoms with E-state index in [-0.39, 0.29) is 12.5 Å². The van der Waals surface area contributed by atoms with Crippen molar-refractivity contribution < 1.29 is 19.4 Å². The molecule has 0 saturated heterocycles. The zero-order valence-electron chi connectivity index (χ0n) is 13.7. The number of nitrogens with zero attached hydrogens (tertiary/aromatic N) is 1. The first-order chi connectivity index (χ1) is 11.4. The Morgan fingerprint density at radius 1 is 1.38 bits per heavy atom. The molecule has 0 amide bonds. The van der Waals surface area contributed by atoms with Crippen molar-refractivity contribution in [2.75, 3.05) is 20.8 Å². The molecule has 9 heteroatoms. The number of guanidine groups is 1. The van der Waals surface area contributed by atoms with Gasteiger partial charge in [-0.2, -0.15) is 0 Å². The van der Waals surface area contributed by atoms with Gasteiger partial charge in [0, 0.05) is 13.1 Å². The van der Waals surface area contributed by atoms with Gasteiger partial charge in [0.25, 0.3) is 0 Å². The van der Waals surface area contributed by atoms with E-state index in [9.17, 15) is 9.90 Å². The first kappa shape index (κ1) is 19.9. The fourth-order valence-electron chi connectivity index (χ4n) is 2.12. The molecule has 0 aliphatic heterocycles. The van der Waals surface area contributed by atoms with Crippen molar-refractivity contribution >= 4 is 23.5 Å². The Bertz CT molecular complexity index is 591. The van der Waals surface area contributed by atoms with Crippen LogP contribution in [0.2, 0.25) is 5.02 Å². The van der Waals surface area contributed by atoms with Crippen molar-refractivity contribution in [3.05, 3.63) is 22.7 Å². The summed E-state index contributed by atoms with van der Waals surface area (Å²) >= 11 is 6.28. The lowest BCUT2D eigenvalue weighted by molar-refractivity contribution is -0.139. The van der Waals surface area contributed by atoms with Crippen LogP contribution in [-0.4, -0.2) is 43.8 Å². The Balaban J connectivity index is 2.70. The van der Waals surface area contributed by atoms with E-state index in [1.54, 1.807) is 12.1 Å². The number of carbonyl (C=O) groups is 1. The number of benzene rings is 1. The summed E-state index contributed by atoms with van der Waals surface area (Å²) in [5.41, 5.74) is 11.2. The van der Waals surface area contributed by atoms with Gasteiger partial charge in [0.2, 0.25) is 0 Å². The highest BCUT2D eigenvalue weighted by atomic mass is 35.5. The lowest BCUT2D eigenvalue weighted by Gasteiger charge is -2.16. The normalized spacial score (nSPS) is 11.6. The number of aliphatic imine (C=N–C) groups is 1. The largest absolute Gasteiger partial charge is 0.493 e. The summed E-state index contributed by atoms with van der Waals surface area (Å²) in [5, 5.41) is 12.6. The molecule has 0 saturated carbocycles. The van der Waals surface area contributed by atoms with Crippen molar-refractivity contribution in [2.45, 2.75) is 25.4 Å². The van der Waals surface area contributed by atoms with E-state index in [2.05, 4.69) is 10.3 Å². The highest BCUT2D eigenvalue weighted by Gasteiger charge is 2.18. The van der Waals surface area contributed by atoms with E-state index in [1.807, 2.05) is 0 Å². The van der Waals surface area contributed by atoms with Crippen molar-refractivity contribution in [3.63, 3.8) is 0 Å². The number of carboxylic acids is 1. The third-order valence-electron chi connectivity index (χ3n) is 3.35. The third-order valence-corrected chi connectivity index (χ3v) is 3.76. The Morgan fingerprint density at radius 2 is 2.08 bits per heavy atom. The Kier molecular flexibility index (Phi) is 8.14. The first-order valence-corrected chi connectivity index (χ1v) is 7.69. The molecule has 0 fully saturated rings. The first-order valence-electron chi connectivity index (χ1n) is 7.31. The van der Waals surface area contributed by atoms with Crippen molar-refractivity contribution in [3.8, 4) is 11.5 Å². The average molecular weight is 359 g/mol. The predicted octanol–water partition coefficient (Wildman–Crippen LogP) is 0.954. The van der Waals surface area contributed by atoms with Gasteiger partial charge in [-0.05, 0) is 24.5 Å². The third kappa shape index (κ3) is 5.78. The molecular formula is C15H23ClN4O4. The van der Waals surface area contributed by atoms with Crippen LogP contribution >= 0.6 is 11.6 Å². The van der Waals surface area contributed by atoms with Crippen LogP contribution in [-0.2, 0) is 11.3 Å². The molecule has 1 rings (SSSR count). The maximum atomic E-state index is 11.3. The van der Waals surface area contributed by atoms with E-state index in [4.69, 9.17) is 32.5 Å². The molecule has 6 N–H and O–H groups in total. The van der Waals surface area contributed by atoms with Gasteiger partial charge in [-0.25, -0.2) is 0 Å². The van der Waals surface area contributed by atoms with Gasteiger partial charge < -0.3 is 31.4 Å². The number of methoxy groups -OCH3 is 2. The van der Waals surface area contributed by atoms with Crippen LogP contribution < -0.4 is 26.3 Å². The number of rotatable bonds is 10. The molecule has 0 heterocycles. The summed E-state index contributed by atoms with van der Waals surface area (Å²) in [4.78, 5) is 15.2. The fourth-order valence-corrected chi connectivity index (χ4v) is 2.42. The van der Waals surface area contributed by atoms with Gasteiger partial charge in [0.1, 0.15) is 6.04 Å². The number of ether oxygens (including phenoxy) is 2.